The number of hydrogen-bond donors (Lipinski definition) is 1. The molecule has 1 aliphatic heterocycles. The highest BCUT2D eigenvalue weighted by atomic mass is 79.9. The van der Waals surface area contributed by atoms with Crippen LogP contribution in [0.15, 0.2) is 46.9 Å². The van der Waals surface area contributed by atoms with E-state index in [4.69, 9.17) is 0 Å². The third kappa shape index (κ3) is 5.63. The molecule has 0 spiro atoms. The number of amides is 2. The van der Waals surface area contributed by atoms with Crippen molar-refractivity contribution in [2.24, 2.45) is 0 Å². The minimum atomic E-state index is 0. The van der Waals surface area contributed by atoms with Gasteiger partial charge in [0.05, 0.1) is 0 Å². The number of urea groups is 1. The Hall–Kier alpha value is -1.72. The van der Waals surface area contributed by atoms with E-state index in [1.807, 2.05) is 17.0 Å². The van der Waals surface area contributed by atoms with Gasteiger partial charge in [-0.25, -0.2) is 4.79 Å². The second kappa shape index (κ2) is 10.00. The van der Waals surface area contributed by atoms with Crippen LogP contribution in [0.25, 0.3) is 0 Å². The largest absolute Gasteiger partial charge is 0.368 e. The lowest BCUT2D eigenvalue weighted by atomic mass is 10.1. The summed E-state index contributed by atoms with van der Waals surface area (Å²) in [5.41, 5.74) is 5.17. The molecule has 1 saturated heterocycles. The van der Waals surface area contributed by atoms with Crippen molar-refractivity contribution in [1.82, 2.24) is 10.2 Å². The minimum Gasteiger partial charge on any atom is -0.368 e. The van der Waals surface area contributed by atoms with Crippen LogP contribution in [0.2, 0.25) is 0 Å². The number of hydrogen-bond acceptors (Lipinski definition) is 2. The number of anilines is 1. The Balaban J connectivity index is 0.00000261. The number of carbonyl (C=O) groups excluding carboxylic acids is 1. The molecule has 2 aromatic carbocycles. The molecule has 0 aromatic heterocycles. The molecule has 1 fully saturated rings. The number of benzene rings is 2. The molecular weight excluding hydrogens is 426 g/mol. The maximum absolute atomic E-state index is 12.4. The Morgan fingerprint density at radius 2 is 1.70 bits per heavy atom. The highest BCUT2D eigenvalue weighted by Crippen LogP contribution is 2.23. The van der Waals surface area contributed by atoms with E-state index in [-0.39, 0.29) is 18.4 Å². The molecule has 6 heteroatoms. The summed E-state index contributed by atoms with van der Waals surface area (Å²) in [5.74, 6) is 0. The first-order valence-electron chi connectivity index (χ1n) is 9.13. The fourth-order valence-electron chi connectivity index (χ4n) is 3.31. The predicted molar refractivity (Wildman–Crippen MR) is 118 cm³/mol. The number of carbonyl (C=O) groups is 1. The van der Waals surface area contributed by atoms with Crippen molar-refractivity contribution in [3.05, 3.63) is 63.6 Å². The molecule has 2 aromatic rings. The molecule has 0 atom stereocenters. The van der Waals surface area contributed by atoms with E-state index >= 15 is 0 Å². The lowest BCUT2D eigenvalue weighted by Gasteiger charge is -2.37. The van der Waals surface area contributed by atoms with Gasteiger partial charge in [0.2, 0.25) is 0 Å². The van der Waals surface area contributed by atoms with Gasteiger partial charge in [0.1, 0.15) is 0 Å². The summed E-state index contributed by atoms with van der Waals surface area (Å²) < 4.78 is 1.08. The fraction of sp³-hybridized carbons (Fsp3) is 0.381. The van der Waals surface area contributed by atoms with E-state index in [0.29, 0.717) is 6.54 Å². The van der Waals surface area contributed by atoms with Crippen LogP contribution in [0.4, 0.5) is 10.5 Å². The molecule has 0 aliphatic carbocycles. The number of piperazine rings is 1. The zero-order chi connectivity index (χ0) is 18.5. The quantitative estimate of drug-likeness (QED) is 0.738. The molecule has 1 heterocycles. The molecule has 0 bridgehead atoms. The average molecular weight is 453 g/mol. The number of rotatable bonds is 4. The van der Waals surface area contributed by atoms with Gasteiger partial charge < -0.3 is 15.1 Å². The Bertz CT molecular complexity index is 759. The average Bonchev–Trinajstić information content (AvgIpc) is 2.66. The summed E-state index contributed by atoms with van der Waals surface area (Å²) in [4.78, 5) is 16.7. The second-order valence-electron chi connectivity index (χ2n) is 6.80. The predicted octanol–water partition coefficient (Wildman–Crippen LogP) is 4.56. The van der Waals surface area contributed by atoms with Crippen molar-refractivity contribution < 1.29 is 4.79 Å². The first-order chi connectivity index (χ1) is 12.5. The smallest absolute Gasteiger partial charge is 0.317 e. The molecule has 0 saturated carbocycles. The van der Waals surface area contributed by atoms with Crippen LogP contribution < -0.4 is 10.2 Å². The van der Waals surface area contributed by atoms with Crippen LogP contribution in [-0.4, -0.2) is 43.7 Å². The number of nitrogens with one attached hydrogen (secondary N) is 1. The first-order valence-corrected chi connectivity index (χ1v) is 9.92. The molecule has 0 unspecified atom stereocenters. The van der Waals surface area contributed by atoms with Gasteiger partial charge in [0, 0.05) is 42.9 Å². The Morgan fingerprint density at radius 1 is 1.04 bits per heavy atom. The second-order valence-corrected chi connectivity index (χ2v) is 7.72. The Morgan fingerprint density at radius 3 is 2.37 bits per heavy atom. The standard InChI is InChI=1S/C21H26BrN3O.ClH/c1-16-4-3-5-20(17(16)2)24-12-14-25(15-13-24)21(26)23-11-10-18-6-8-19(22)9-7-18;/h3-9H,10-15H2,1-2H3,(H,23,26);1H. The SMILES string of the molecule is Cc1cccc(N2CCN(C(=O)NCCc3ccc(Br)cc3)CC2)c1C.Cl. The molecule has 4 nitrogen and oxygen atoms in total. The summed E-state index contributed by atoms with van der Waals surface area (Å²) in [7, 11) is 0. The van der Waals surface area contributed by atoms with Crippen LogP contribution in [-0.2, 0) is 6.42 Å². The van der Waals surface area contributed by atoms with E-state index in [1.54, 1.807) is 0 Å². The van der Waals surface area contributed by atoms with Gasteiger partial charge in [-0.2, -0.15) is 0 Å². The topological polar surface area (TPSA) is 35.6 Å². The summed E-state index contributed by atoms with van der Waals surface area (Å²) in [6.45, 7) is 8.27. The van der Waals surface area contributed by atoms with Gasteiger partial charge in [-0.3, -0.25) is 0 Å². The molecular formula is C21H27BrClN3O. The van der Waals surface area contributed by atoms with Crippen molar-refractivity contribution in [2.75, 3.05) is 37.6 Å². The maximum Gasteiger partial charge on any atom is 0.317 e. The van der Waals surface area contributed by atoms with E-state index in [2.05, 4.69) is 70.3 Å². The molecule has 2 amide bonds. The maximum atomic E-state index is 12.4. The van der Waals surface area contributed by atoms with E-state index in [0.717, 1.165) is 37.1 Å². The monoisotopic (exact) mass is 451 g/mol. The van der Waals surface area contributed by atoms with Gasteiger partial charge in [-0.15, -0.1) is 12.4 Å². The van der Waals surface area contributed by atoms with Gasteiger partial charge >= 0.3 is 6.03 Å². The number of halogens is 2. The molecule has 1 N–H and O–H groups in total. The first kappa shape index (κ1) is 21.6. The van der Waals surface area contributed by atoms with Crippen LogP contribution in [0.3, 0.4) is 0 Å². The highest BCUT2D eigenvalue weighted by molar-refractivity contribution is 9.10. The van der Waals surface area contributed by atoms with Crippen molar-refractivity contribution >= 4 is 40.1 Å². The molecule has 27 heavy (non-hydrogen) atoms. The third-order valence-corrected chi connectivity index (χ3v) is 5.62. The van der Waals surface area contributed by atoms with Crippen LogP contribution in [0.5, 0.6) is 0 Å². The molecule has 1 aliphatic rings. The van der Waals surface area contributed by atoms with Gasteiger partial charge in [-0.05, 0) is 55.2 Å². The number of nitrogens with zero attached hydrogens (tertiary/aromatic N) is 2. The van der Waals surface area contributed by atoms with Crippen molar-refractivity contribution in [2.45, 2.75) is 20.3 Å². The summed E-state index contributed by atoms with van der Waals surface area (Å²) in [6.07, 6.45) is 0.849. The Labute approximate surface area is 176 Å². The van der Waals surface area contributed by atoms with Crippen LogP contribution in [0.1, 0.15) is 16.7 Å². The van der Waals surface area contributed by atoms with Crippen molar-refractivity contribution in [1.29, 1.82) is 0 Å². The summed E-state index contributed by atoms with van der Waals surface area (Å²) in [5, 5.41) is 3.05. The van der Waals surface area contributed by atoms with Crippen molar-refractivity contribution in [3.8, 4) is 0 Å². The summed E-state index contributed by atoms with van der Waals surface area (Å²) >= 11 is 3.44. The summed E-state index contributed by atoms with van der Waals surface area (Å²) in [6, 6.07) is 14.7. The zero-order valence-electron chi connectivity index (χ0n) is 15.9. The highest BCUT2D eigenvalue weighted by Gasteiger charge is 2.22. The van der Waals surface area contributed by atoms with E-state index in [9.17, 15) is 4.79 Å². The molecule has 0 radical (unpaired) electrons. The van der Waals surface area contributed by atoms with Crippen LogP contribution in [0, 0.1) is 13.8 Å². The van der Waals surface area contributed by atoms with Gasteiger partial charge in [-0.1, -0.05) is 40.2 Å². The third-order valence-electron chi connectivity index (χ3n) is 5.09. The van der Waals surface area contributed by atoms with Gasteiger partial charge in [0.15, 0.2) is 0 Å². The zero-order valence-corrected chi connectivity index (χ0v) is 18.3. The number of aryl methyl sites for hydroxylation is 1. The fourth-order valence-corrected chi connectivity index (χ4v) is 3.57. The van der Waals surface area contributed by atoms with E-state index in [1.165, 1.54) is 22.4 Å². The lowest BCUT2D eigenvalue weighted by molar-refractivity contribution is 0.194. The van der Waals surface area contributed by atoms with Crippen molar-refractivity contribution in [3.63, 3.8) is 0 Å². The normalized spacial score (nSPS) is 13.9. The van der Waals surface area contributed by atoms with E-state index < -0.39 is 0 Å². The lowest BCUT2D eigenvalue weighted by Crippen LogP contribution is -2.52. The van der Waals surface area contributed by atoms with Crippen LogP contribution >= 0.6 is 28.3 Å². The minimum absolute atomic E-state index is 0. The van der Waals surface area contributed by atoms with Gasteiger partial charge in [0.25, 0.3) is 0 Å². The molecule has 146 valence electrons. The molecule has 3 rings (SSSR count). The Kier molecular flexibility index (Phi) is 7.99.